The maximum absolute atomic E-state index is 11.1. The Morgan fingerprint density at radius 2 is 1.54 bits per heavy atom. The molecule has 0 aliphatic rings. The molecule has 2 aromatic carbocycles. The number of hydrogen-bond acceptors (Lipinski definition) is 6. The molecule has 0 bridgehead atoms. The Labute approximate surface area is 151 Å². The molecule has 0 radical (unpaired) electrons. The second-order valence-corrected chi connectivity index (χ2v) is 5.81. The third kappa shape index (κ3) is 4.07. The average Bonchev–Trinajstić information content (AvgIpc) is 2.61. The van der Waals surface area contributed by atoms with Crippen LogP contribution in [0.3, 0.4) is 0 Å². The Morgan fingerprint density at radius 1 is 0.923 bits per heavy atom. The van der Waals surface area contributed by atoms with Crippen LogP contribution in [-0.2, 0) is 4.79 Å². The molecule has 3 aromatic rings. The number of nitrogens with two attached hydrogens (primary N) is 1. The number of nitrogen functional groups attached to an aromatic ring is 1. The standard InChI is InChI=1S/C19H20N6O/c1-12-5-3-4-6-16(12)25-19-17(20)18(21-11-22-19)24-15-9-7-14(8-10-15)23-13(2)26/h3-11H,20H2,1-2H3,(H,23,26)(H2,21,22,24,25). The number of carbonyl (C=O) groups excluding carboxylic acids is 1. The number of carbonyl (C=O) groups is 1. The lowest BCUT2D eigenvalue weighted by molar-refractivity contribution is -0.114. The van der Waals surface area contributed by atoms with E-state index in [9.17, 15) is 4.79 Å². The predicted octanol–water partition coefficient (Wildman–Crippen LogP) is 3.81. The van der Waals surface area contributed by atoms with Crippen LogP contribution in [0.4, 0.5) is 34.4 Å². The maximum atomic E-state index is 11.1. The van der Waals surface area contributed by atoms with Crippen molar-refractivity contribution in [3.05, 3.63) is 60.4 Å². The zero-order valence-electron chi connectivity index (χ0n) is 14.6. The topological polar surface area (TPSA) is 105 Å². The Kier molecular flexibility index (Phi) is 4.98. The van der Waals surface area contributed by atoms with Gasteiger partial charge in [0, 0.05) is 24.0 Å². The number of hydrogen-bond donors (Lipinski definition) is 4. The van der Waals surface area contributed by atoms with Crippen LogP contribution < -0.4 is 21.7 Å². The second kappa shape index (κ2) is 7.52. The van der Waals surface area contributed by atoms with Crippen LogP contribution in [0.25, 0.3) is 0 Å². The molecule has 132 valence electrons. The van der Waals surface area contributed by atoms with Crippen LogP contribution in [0, 0.1) is 6.92 Å². The van der Waals surface area contributed by atoms with Gasteiger partial charge in [-0.05, 0) is 42.8 Å². The molecule has 0 fully saturated rings. The van der Waals surface area contributed by atoms with Gasteiger partial charge < -0.3 is 21.7 Å². The number of amides is 1. The molecule has 1 amide bonds. The molecule has 5 N–H and O–H groups in total. The van der Waals surface area contributed by atoms with Gasteiger partial charge in [0.25, 0.3) is 0 Å². The van der Waals surface area contributed by atoms with Gasteiger partial charge in [-0.2, -0.15) is 0 Å². The molecule has 0 aliphatic carbocycles. The number of anilines is 6. The van der Waals surface area contributed by atoms with E-state index >= 15 is 0 Å². The largest absolute Gasteiger partial charge is 0.393 e. The van der Waals surface area contributed by atoms with Gasteiger partial charge in [-0.1, -0.05) is 18.2 Å². The molecule has 0 unspecified atom stereocenters. The number of aromatic nitrogens is 2. The van der Waals surface area contributed by atoms with Gasteiger partial charge in [0.05, 0.1) is 0 Å². The highest BCUT2D eigenvalue weighted by molar-refractivity contribution is 5.89. The second-order valence-electron chi connectivity index (χ2n) is 5.81. The fourth-order valence-electron chi connectivity index (χ4n) is 2.41. The van der Waals surface area contributed by atoms with Crippen molar-refractivity contribution in [2.45, 2.75) is 13.8 Å². The molecule has 1 aromatic heterocycles. The fraction of sp³-hybridized carbons (Fsp3) is 0.105. The van der Waals surface area contributed by atoms with Crippen molar-refractivity contribution in [3.63, 3.8) is 0 Å². The molecule has 1 heterocycles. The van der Waals surface area contributed by atoms with Crippen LogP contribution in [0.5, 0.6) is 0 Å². The predicted molar refractivity (Wildman–Crippen MR) is 105 cm³/mol. The summed E-state index contributed by atoms with van der Waals surface area (Å²) in [5, 5.41) is 9.12. The van der Waals surface area contributed by atoms with Gasteiger partial charge in [-0.3, -0.25) is 4.79 Å². The van der Waals surface area contributed by atoms with Crippen LogP contribution >= 0.6 is 0 Å². The number of rotatable bonds is 5. The quantitative estimate of drug-likeness (QED) is 0.559. The van der Waals surface area contributed by atoms with Crippen molar-refractivity contribution < 1.29 is 4.79 Å². The minimum atomic E-state index is -0.113. The Hall–Kier alpha value is -3.61. The minimum absolute atomic E-state index is 0.113. The number of nitrogens with one attached hydrogen (secondary N) is 3. The van der Waals surface area contributed by atoms with Crippen LogP contribution in [0.15, 0.2) is 54.9 Å². The summed E-state index contributed by atoms with van der Waals surface area (Å²) in [5.41, 5.74) is 10.2. The number of aryl methyl sites for hydroxylation is 1. The SMILES string of the molecule is CC(=O)Nc1ccc(Nc2ncnc(Nc3ccccc3C)c2N)cc1. The third-order valence-corrected chi connectivity index (χ3v) is 3.75. The Balaban J connectivity index is 1.79. The summed E-state index contributed by atoms with van der Waals surface area (Å²) in [7, 11) is 0. The highest BCUT2D eigenvalue weighted by Gasteiger charge is 2.09. The first-order valence-electron chi connectivity index (χ1n) is 8.11. The molecule has 7 heteroatoms. The van der Waals surface area contributed by atoms with Gasteiger partial charge in [-0.15, -0.1) is 0 Å². The highest BCUT2D eigenvalue weighted by Crippen LogP contribution is 2.29. The molecule has 7 nitrogen and oxygen atoms in total. The monoisotopic (exact) mass is 348 g/mol. The molecule has 0 atom stereocenters. The fourth-order valence-corrected chi connectivity index (χ4v) is 2.41. The summed E-state index contributed by atoms with van der Waals surface area (Å²) < 4.78 is 0. The first-order valence-corrected chi connectivity index (χ1v) is 8.11. The zero-order chi connectivity index (χ0) is 18.5. The summed E-state index contributed by atoms with van der Waals surface area (Å²) >= 11 is 0. The first kappa shape index (κ1) is 17.2. The van der Waals surface area contributed by atoms with E-state index in [1.165, 1.54) is 13.3 Å². The number of para-hydroxylation sites is 1. The van der Waals surface area contributed by atoms with Crippen molar-refractivity contribution >= 4 is 40.3 Å². The lowest BCUT2D eigenvalue weighted by atomic mass is 10.2. The number of nitrogens with zero attached hydrogens (tertiary/aromatic N) is 2. The summed E-state index contributed by atoms with van der Waals surface area (Å²) in [6.45, 7) is 3.48. The van der Waals surface area contributed by atoms with Gasteiger partial charge in [0.1, 0.15) is 12.0 Å². The normalized spacial score (nSPS) is 10.2. The molecule has 26 heavy (non-hydrogen) atoms. The van der Waals surface area contributed by atoms with Crippen LogP contribution in [0.1, 0.15) is 12.5 Å². The van der Waals surface area contributed by atoms with Crippen molar-refractivity contribution in [1.82, 2.24) is 9.97 Å². The molecular weight excluding hydrogens is 328 g/mol. The Bertz CT molecular complexity index is 924. The van der Waals surface area contributed by atoms with E-state index in [2.05, 4.69) is 25.9 Å². The van der Waals surface area contributed by atoms with E-state index in [-0.39, 0.29) is 5.91 Å². The lowest BCUT2D eigenvalue weighted by Crippen LogP contribution is -2.06. The maximum Gasteiger partial charge on any atom is 0.221 e. The van der Waals surface area contributed by atoms with Crippen LogP contribution in [-0.4, -0.2) is 15.9 Å². The summed E-state index contributed by atoms with van der Waals surface area (Å²) in [4.78, 5) is 19.5. The molecule has 0 saturated carbocycles. The van der Waals surface area contributed by atoms with Crippen molar-refractivity contribution in [2.75, 3.05) is 21.7 Å². The van der Waals surface area contributed by atoms with Gasteiger partial charge in [-0.25, -0.2) is 9.97 Å². The summed E-state index contributed by atoms with van der Waals surface area (Å²) in [6.07, 6.45) is 1.45. The van der Waals surface area contributed by atoms with E-state index < -0.39 is 0 Å². The third-order valence-electron chi connectivity index (χ3n) is 3.75. The van der Waals surface area contributed by atoms with Crippen molar-refractivity contribution in [1.29, 1.82) is 0 Å². The van der Waals surface area contributed by atoms with E-state index in [1.54, 1.807) is 12.1 Å². The van der Waals surface area contributed by atoms with Gasteiger partial charge in [0.15, 0.2) is 11.6 Å². The summed E-state index contributed by atoms with van der Waals surface area (Å²) in [6, 6.07) is 15.2. The van der Waals surface area contributed by atoms with Crippen molar-refractivity contribution in [2.24, 2.45) is 0 Å². The van der Waals surface area contributed by atoms with Gasteiger partial charge in [0.2, 0.25) is 5.91 Å². The molecule has 0 spiro atoms. The smallest absolute Gasteiger partial charge is 0.221 e. The summed E-state index contributed by atoms with van der Waals surface area (Å²) in [5.74, 6) is 0.924. The first-order chi connectivity index (χ1) is 12.5. The zero-order valence-corrected chi connectivity index (χ0v) is 14.6. The van der Waals surface area contributed by atoms with Gasteiger partial charge >= 0.3 is 0 Å². The Morgan fingerprint density at radius 3 is 2.19 bits per heavy atom. The lowest BCUT2D eigenvalue weighted by Gasteiger charge is -2.14. The van der Waals surface area contributed by atoms with E-state index in [0.29, 0.717) is 17.3 Å². The average molecular weight is 348 g/mol. The highest BCUT2D eigenvalue weighted by atomic mass is 16.1. The molecule has 0 aliphatic heterocycles. The van der Waals surface area contributed by atoms with E-state index in [0.717, 1.165) is 22.6 Å². The van der Waals surface area contributed by atoms with E-state index in [1.807, 2.05) is 43.3 Å². The molecular formula is C19H20N6O. The minimum Gasteiger partial charge on any atom is -0.393 e. The molecule has 3 rings (SSSR count). The van der Waals surface area contributed by atoms with E-state index in [4.69, 9.17) is 5.73 Å². The molecule has 0 saturated heterocycles. The van der Waals surface area contributed by atoms with Crippen LogP contribution in [0.2, 0.25) is 0 Å². The number of benzene rings is 2. The van der Waals surface area contributed by atoms with Crippen molar-refractivity contribution in [3.8, 4) is 0 Å².